The molecule has 1 fully saturated rings. The molecule has 142 valence electrons. The summed E-state index contributed by atoms with van der Waals surface area (Å²) in [5.74, 6) is 0.0292. The second-order valence-electron chi connectivity index (χ2n) is 6.96. The molecule has 1 aromatic heterocycles. The second kappa shape index (κ2) is 8.91. The zero-order valence-electron chi connectivity index (χ0n) is 15.7. The van der Waals surface area contributed by atoms with Crippen molar-refractivity contribution in [1.29, 1.82) is 0 Å². The van der Waals surface area contributed by atoms with E-state index in [0.29, 0.717) is 11.7 Å². The van der Waals surface area contributed by atoms with E-state index < -0.39 is 0 Å². The fourth-order valence-electron chi connectivity index (χ4n) is 3.65. The van der Waals surface area contributed by atoms with Gasteiger partial charge in [-0.05, 0) is 44.1 Å². The highest BCUT2D eigenvalue weighted by Crippen LogP contribution is 2.32. The number of thiazole rings is 1. The van der Waals surface area contributed by atoms with E-state index >= 15 is 0 Å². The van der Waals surface area contributed by atoms with E-state index in [-0.39, 0.29) is 17.6 Å². The molecular weight excluding hydrogens is 349 g/mol. The van der Waals surface area contributed by atoms with Crippen molar-refractivity contribution in [3.63, 3.8) is 0 Å². The average molecular weight is 378 g/mol. The molecule has 1 heterocycles. The number of amides is 1. The fraction of sp³-hybridized carbons (Fsp3) is 0.600. The zero-order chi connectivity index (χ0) is 18.5. The van der Waals surface area contributed by atoms with E-state index in [2.05, 4.69) is 23.7 Å². The topological polar surface area (TPSA) is 36.4 Å². The highest BCUT2D eigenvalue weighted by Gasteiger charge is 2.28. The number of anilines is 1. The lowest BCUT2D eigenvalue weighted by Crippen LogP contribution is -2.42. The maximum absolute atomic E-state index is 13.5. The van der Waals surface area contributed by atoms with E-state index in [0.717, 1.165) is 55.5 Å². The van der Waals surface area contributed by atoms with E-state index in [1.54, 1.807) is 6.07 Å². The van der Waals surface area contributed by atoms with Crippen molar-refractivity contribution < 1.29 is 9.18 Å². The van der Waals surface area contributed by atoms with Gasteiger partial charge >= 0.3 is 0 Å². The van der Waals surface area contributed by atoms with E-state index in [4.69, 9.17) is 0 Å². The molecule has 0 N–H and O–H groups in total. The van der Waals surface area contributed by atoms with E-state index in [1.165, 1.54) is 29.9 Å². The first-order chi connectivity index (χ1) is 12.6. The number of nitrogens with zero attached hydrogens (tertiary/aromatic N) is 3. The third-order valence-corrected chi connectivity index (χ3v) is 6.37. The van der Waals surface area contributed by atoms with Crippen LogP contribution in [-0.4, -0.2) is 42.0 Å². The summed E-state index contributed by atoms with van der Waals surface area (Å²) in [6.45, 7) is 7.67. The van der Waals surface area contributed by atoms with Crippen molar-refractivity contribution >= 4 is 32.6 Å². The Balaban J connectivity index is 1.85. The Bertz CT molecular complexity index is 738. The van der Waals surface area contributed by atoms with Gasteiger partial charge in [0, 0.05) is 19.0 Å². The van der Waals surface area contributed by atoms with Gasteiger partial charge in [0.05, 0.1) is 10.2 Å². The monoisotopic (exact) mass is 377 g/mol. The van der Waals surface area contributed by atoms with Gasteiger partial charge < -0.3 is 4.90 Å². The van der Waals surface area contributed by atoms with Crippen molar-refractivity contribution in [2.24, 2.45) is 5.92 Å². The summed E-state index contributed by atoms with van der Waals surface area (Å²) in [5.41, 5.74) is 0.760. The molecule has 1 amide bonds. The van der Waals surface area contributed by atoms with Crippen molar-refractivity contribution in [2.75, 3.05) is 31.1 Å². The molecule has 0 bridgehead atoms. The summed E-state index contributed by atoms with van der Waals surface area (Å²) in [6.07, 6.45) is 5.43. The molecule has 1 aromatic carbocycles. The molecule has 1 aliphatic carbocycles. The number of halogens is 1. The summed E-state index contributed by atoms with van der Waals surface area (Å²) < 4.78 is 14.3. The maximum Gasteiger partial charge on any atom is 0.231 e. The van der Waals surface area contributed by atoms with Gasteiger partial charge in [-0.3, -0.25) is 9.69 Å². The first-order valence-corrected chi connectivity index (χ1v) is 10.5. The van der Waals surface area contributed by atoms with Crippen LogP contribution in [0.25, 0.3) is 10.2 Å². The van der Waals surface area contributed by atoms with E-state index in [9.17, 15) is 9.18 Å². The highest BCUT2D eigenvalue weighted by atomic mass is 32.1. The Morgan fingerprint density at radius 1 is 1.19 bits per heavy atom. The molecule has 0 saturated heterocycles. The number of rotatable bonds is 7. The lowest BCUT2D eigenvalue weighted by atomic mass is 9.88. The summed E-state index contributed by atoms with van der Waals surface area (Å²) in [6, 6.07) is 4.62. The molecule has 0 atom stereocenters. The van der Waals surface area contributed by atoms with Gasteiger partial charge in [0.2, 0.25) is 5.91 Å². The fourth-order valence-corrected chi connectivity index (χ4v) is 4.67. The quantitative estimate of drug-likeness (QED) is 0.702. The molecule has 4 nitrogen and oxygen atoms in total. The van der Waals surface area contributed by atoms with Gasteiger partial charge in [0.15, 0.2) is 5.13 Å². The predicted octanol–water partition coefficient (Wildman–Crippen LogP) is 4.69. The third kappa shape index (κ3) is 4.41. The SMILES string of the molecule is CCN(CC)CCN(C(=O)C1CCCCC1)c1nc2ccc(F)cc2s1. The Morgan fingerprint density at radius 2 is 1.92 bits per heavy atom. The van der Waals surface area contributed by atoms with Gasteiger partial charge in [0.1, 0.15) is 5.82 Å². The average Bonchev–Trinajstić information content (AvgIpc) is 3.08. The molecule has 0 radical (unpaired) electrons. The first kappa shape index (κ1) is 19.2. The Labute approximate surface area is 159 Å². The standard InChI is InChI=1S/C20H28FN3OS/c1-3-23(4-2)12-13-24(19(25)15-8-6-5-7-9-15)20-22-17-11-10-16(21)14-18(17)26-20/h10-11,14-15H,3-9,12-13H2,1-2H3. The van der Waals surface area contributed by atoms with Crippen LogP contribution in [0.1, 0.15) is 46.0 Å². The summed E-state index contributed by atoms with van der Waals surface area (Å²) in [7, 11) is 0. The zero-order valence-corrected chi connectivity index (χ0v) is 16.5. The van der Waals surface area contributed by atoms with Crippen LogP contribution in [0.15, 0.2) is 18.2 Å². The van der Waals surface area contributed by atoms with Crippen LogP contribution in [-0.2, 0) is 4.79 Å². The lowest BCUT2D eigenvalue weighted by molar-refractivity contribution is -0.123. The van der Waals surface area contributed by atoms with Gasteiger partial charge in [-0.15, -0.1) is 0 Å². The van der Waals surface area contributed by atoms with E-state index in [1.807, 2.05) is 4.90 Å². The van der Waals surface area contributed by atoms with Crippen LogP contribution in [0.5, 0.6) is 0 Å². The second-order valence-corrected chi connectivity index (χ2v) is 7.97. The number of benzene rings is 1. The normalized spacial score (nSPS) is 15.7. The van der Waals surface area contributed by atoms with Gasteiger partial charge in [-0.1, -0.05) is 44.4 Å². The minimum Gasteiger partial charge on any atom is -0.302 e. The molecule has 26 heavy (non-hydrogen) atoms. The molecule has 0 aliphatic heterocycles. The van der Waals surface area contributed by atoms with Gasteiger partial charge in [-0.2, -0.15) is 0 Å². The first-order valence-electron chi connectivity index (χ1n) is 9.72. The number of likely N-dealkylation sites (N-methyl/N-ethyl adjacent to an activating group) is 1. The van der Waals surface area contributed by atoms with Crippen molar-refractivity contribution in [3.8, 4) is 0 Å². The van der Waals surface area contributed by atoms with Crippen molar-refractivity contribution in [3.05, 3.63) is 24.0 Å². The predicted molar refractivity (Wildman–Crippen MR) is 106 cm³/mol. The maximum atomic E-state index is 13.5. The van der Waals surface area contributed by atoms with Crippen molar-refractivity contribution in [1.82, 2.24) is 9.88 Å². The summed E-state index contributed by atoms with van der Waals surface area (Å²) >= 11 is 1.41. The highest BCUT2D eigenvalue weighted by molar-refractivity contribution is 7.22. The smallest absolute Gasteiger partial charge is 0.231 e. The van der Waals surface area contributed by atoms with Crippen LogP contribution < -0.4 is 4.90 Å². The van der Waals surface area contributed by atoms with Crippen molar-refractivity contribution in [2.45, 2.75) is 46.0 Å². The molecular formula is C20H28FN3OS. The molecule has 0 unspecified atom stereocenters. The number of carbonyl (C=O) groups is 1. The summed E-state index contributed by atoms with van der Waals surface area (Å²) in [4.78, 5) is 22.0. The van der Waals surface area contributed by atoms with Crippen LogP contribution in [0.4, 0.5) is 9.52 Å². The minimum atomic E-state index is -0.263. The number of fused-ring (bicyclic) bond motifs is 1. The van der Waals surface area contributed by atoms with Gasteiger partial charge in [0.25, 0.3) is 0 Å². The molecule has 6 heteroatoms. The number of hydrogen-bond donors (Lipinski definition) is 0. The number of aromatic nitrogens is 1. The minimum absolute atomic E-state index is 0.101. The summed E-state index contributed by atoms with van der Waals surface area (Å²) in [5, 5.41) is 0.702. The van der Waals surface area contributed by atoms with Gasteiger partial charge in [-0.25, -0.2) is 9.37 Å². The molecule has 3 rings (SSSR count). The number of carbonyl (C=O) groups excluding carboxylic acids is 1. The molecule has 2 aromatic rings. The molecule has 1 aliphatic rings. The third-order valence-electron chi connectivity index (χ3n) is 5.32. The number of hydrogen-bond acceptors (Lipinski definition) is 4. The largest absolute Gasteiger partial charge is 0.302 e. The molecule has 0 spiro atoms. The Morgan fingerprint density at radius 3 is 2.62 bits per heavy atom. The van der Waals surface area contributed by atoms with Crippen LogP contribution in [0.2, 0.25) is 0 Å². The van der Waals surface area contributed by atoms with Crippen LogP contribution in [0, 0.1) is 11.7 Å². The van der Waals surface area contributed by atoms with Crippen LogP contribution in [0.3, 0.4) is 0 Å². The molecule has 1 saturated carbocycles. The van der Waals surface area contributed by atoms with Crippen LogP contribution >= 0.6 is 11.3 Å². The Kier molecular flexibility index (Phi) is 6.59. The lowest BCUT2D eigenvalue weighted by Gasteiger charge is -2.29. The Hall–Kier alpha value is -1.53.